The topological polar surface area (TPSA) is 147 Å². The van der Waals surface area contributed by atoms with Gasteiger partial charge in [-0.2, -0.15) is 15.0 Å². The van der Waals surface area contributed by atoms with Crippen LogP contribution in [-0.2, 0) is 11.2 Å². The smallest absolute Gasteiger partial charge is 0.326 e. The van der Waals surface area contributed by atoms with E-state index in [1.54, 1.807) is 6.20 Å². The Morgan fingerprint density at radius 1 is 1.12 bits per heavy atom. The van der Waals surface area contributed by atoms with Gasteiger partial charge in [-0.15, -0.1) is 0 Å². The van der Waals surface area contributed by atoms with Crippen molar-refractivity contribution in [1.29, 1.82) is 0 Å². The number of imidazole rings is 1. The van der Waals surface area contributed by atoms with Crippen molar-refractivity contribution in [3.63, 3.8) is 0 Å². The van der Waals surface area contributed by atoms with Gasteiger partial charge < -0.3 is 30.9 Å². The number of piperazine rings is 1. The zero-order valence-corrected chi connectivity index (χ0v) is 19.8. The van der Waals surface area contributed by atoms with Crippen LogP contribution in [0, 0.1) is 0 Å². The minimum Gasteiger partial charge on any atom is -0.480 e. The minimum absolute atomic E-state index is 0.210. The third-order valence-electron chi connectivity index (χ3n) is 6.45. The van der Waals surface area contributed by atoms with Crippen molar-refractivity contribution >= 4 is 23.8 Å². The van der Waals surface area contributed by atoms with E-state index >= 15 is 0 Å². The van der Waals surface area contributed by atoms with Gasteiger partial charge in [0.1, 0.15) is 6.04 Å². The summed E-state index contributed by atoms with van der Waals surface area (Å²) in [6.07, 6.45) is 9.23. The Bertz CT molecular complexity index is 895. The van der Waals surface area contributed by atoms with Crippen LogP contribution < -0.4 is 16.0 Å². The number of aliphatic carboxylic acids is 1. The molecule has 12 heteroatoms. The summed E-state index contributed by atoms with van der Waals surface area (Å²) < 4.78 is 0. The lowest BCUT2D eigenvalue weighted by atomic mass is 9.96. The summed E-state index contributed by atoms with van der Waals surface area (Å²) in [7, 11) is 2.15. The lowest BCUT2D eigenvalue weighted by Crippen LogP contribution is -2.45. The van der Waals surface area contributed by atoms with E-state index in [9.17, 15) is 9.90 Å². The van der Waals surface area contributed by atoms with Crippen molar-refractivity contribution in [1.82, 2.24) is 34.7 Å². The average Bonchev–Trinajstić information content (AvgIpc) is 3.34. The molecular formula is C22H36N10O2. The van der Waals surface area contributed by atoms with Crippen molar-refractivity contribution in [2.24, 2.45) is 0 Å². The molecule has 1 aliphatic carbocycles. The molecule has 1 unspecified atom stereocenters. The first-order valence-electron chi connectivity index (χ1n) is 12.2. The Morgan fingerprint density at radius 2 is 1.85 bits per heavy atom. The normalized spacial score (nSPS) is 19.0. The standard InChI is InChI=1S/C22H36N10O2/c1-31-9-11-32(12-10-31)8-7-24-20-28-21(26-16-5-3-2-4-6-16)30-22(29-20)27-18(19(33)34)13-17-14-23-15-25-17/h14-16,18H,2-13H2,1H3,(H,23,25)(H,33,34)(H3,24,26,27,28,29,30). The number of likely N-dealkylation sites (N-methyl/N-ethyl adjacent to an activating group) is 1. The summed E-state index contributed by atoms with van der Waals surface area (Å²) in [6, 6.07) is -0.590. The fraction of sp³-hybridized carbons (Fsp3) is 0.682. The average molecular weight is 473 g/mol. The summed E-state index contributed by atoms with van der Waals surface area (Å²) in [5.41, 5.74) is 0.653. The SMILES string of the molecule is CN1CCN(CCNc2nc(NC3CCCCC3)nc(NC(Cc3c[nH]cn3)C(=O)O)n2)CC1. The number of hydrogen-bond donors (Lipinski definition) is 5. The molecule has 1 saturated heterocycles. The van der Waals surface area contributed by atoms with Crippen molar-refractivity contribution in [2.75, 3.05) is 62.3 Å². The third-order valence-corrected chi connectivity index (χ3v) is 6.45. The maximum absolute atomic E-state index is 11.9. The van der Waals surface area contributed by atoms with Crippen LogP contribution in [0.2, 0.25) is 0 Å². The van der Waals surface area contributed by atoms with Crippen LogP contribution in [0.5, 0.6) is 0 Å². The molecule has 1 atom stereocenters. The zero-order valence-electron chi connectivity index (χ0n) is 19.8. The highest BCUT2D eigenvalue weighted by atomic mass is 16.4. The zero-order chi connectivity index (χ0) is 23.8. The Balaban J connectivity index is 1.43. The number of aromatic nitrogens is 5. The molecule has 0 aromatic carbocycles. The van der Waals surface area contributed by atoms with E-state index in [1.807, 2.05) is 0 Å². The highest BCUT2D eigenvalue weighted by Gasteiger charge is 2.22. The number of carbonyl (C=O) groups is 1. The van der Waals surface area contributed by atoms with E-state index in [0.717, 1.165) is 45.6 Å². The first kappa shape index (κ1) is 24.1. The molecule has 0 radical (unpaired) electrons. The number of nitrogens with one attached hydrogen (secondary N) is 4. The van der Waals surface area contributed by atoms with Gasteiger partial charge in [-0.1, -0.05) is 19.3 Å². The predicted molar refractivity (Wildman–Crippen MR) is 130 cm³/mol. The summed E-state index contributed by atoms with van der Waals surface area (Å²) in [5.74, 6) is 0.150. The van der Waals surface area contributed by atoms with E-state index in [1.165, 1.54) is 25.6 Å². The number of hydrogen-bond acceptors (Lipinski definition) is 10. The summed E-state index contributed by atoms with van der Waals surface area (Å²) >= 11 is 0. The molecule has 2 aromatic heterocycles. The van der Waals surface area contributed by atoms with Gasteiger partial charge in [0.05, 0.1) is 12.0 Å². The molecule has 12 nitrogen and oxygen atoms in total. The fourth-order valence-corrected chi connectivity index (χ4v) is 4.38. The van der Waals surface area contributed by atoms with E-state index in [2.05, 4.69) is 57.7 Å². The van der Waals surface area contributed by atoms with Gasteiger partial charge in [-0.3, -0.25) is 4.90 Å². The molecule has 0 bridgehead atoms. The van der Waals surface area contributed by atoms with Crippen LogP contribution in [0.4, 0.5) is 17.8 Å². The number of H-pyrrole nitrogens is 1. The molecule has 2 aromatic rings. The molecule has 3 heterocycles. The van der Waals surface area contributed by atoms with Gasteiger partial charge >= 0.3 is 5.97 Å². The molecule has 0 amide bonds. The number of carboxylic acids is 1. The first-order valence-corrected chi connectivity index (χ1v) is 12.2. The van der Waals surface area contributed by atoms with E-state index in [4.69, 9.17) is 0 Å². The Hall–Kier alpha value is -2.99. The summed E-state index contributed by atoms with van der Waals surface area (Å²) in [5, 5.41) is 19.4. The monoisotopic (exact) mass is 472 g/mol. The lowest BCUT2D eigenvalue weighted by molar-refractivity contribution is -0.137. The number of nitrogens with zero attached hydrogens (tertiary/aromatic N) is 6. The molecule has 34 heavy (non-hydrogen) atoms. The van der Waals surface area contributed by atoms with Gasteiger partial charge in [0.15, 0.2) is 0 Å². The van der Waals surface area contributed by atoms with Crippen molar-refractivity contribution in [3.8, 4) is 0 Å². The van der Waals surface area contributed by atoms with Gasteiger partial charge in [0.2, 0.25) is 17.8 Å². The molecule has 2 fully saturated rings. The second-order valence-electron chi connectivity index (χ2n) is 9.16. The fourth-order valence-electron chi connectivity index (χ4n) is 4.38. The summed E-state index contributed by atoms with van der Waals surface area (Å²) in [4.78, 5) is 37.2. The number of anilines is 3. The lowest BCUT2D eigenvalue weighted by Gasteiger charge is -2.32. The largest absolute Gasteiger partial charge is 0.480 e. The molecule has 4 rings (SSSR count). The van der Waals surface area contributed by atoms with Gasteiger partial charge in [0, 0.05) is 57.9 Å². The molecule has 5 N–H and O–H groups in total. The molecule has 186 valence electrons. The van der Waals surface area contributed by atoms with E-state index < -0.39 is 12.0 Å². The van der Waals surface area contributed by atoms with E-state index in [0.29, 0.717) is 30.2 Å². The number of rotatable bonds is 11. The van der Waals surface area contributed by atoms with Crippen LogP contribution in [0.15, 0.2) is 12.5 Å². The Labute approximate surface area is 200 Å². The minimum atomic E-state index is -0.991. The molecular weight excluding hydrogens is 436 g/mol. The Morgan fingerprint density at radius 3 is 2.56 bits per heavy atom. The predicted octanol–water partition coefficient (Wildman–Crippen LogP) is 1.11. The van der Waals surface area contributed by atoms with Crippen molar-refractivity contribution < 1.29 is 9.90 Å². The van der Waals surface area contributed by atoms with Crippen LogP contribution >= 0.6 is 0 Å². The second kappa shape index (κ2) is 11.9. The van der Waals surface area contributed by atoms with Crippen molar-refractivity contribution in [2.45, 2.75) is 50.6 Å². The maximum atomic E-state index is 11.9. The van der Waals surface area contributed by atoms with Gasteiger partial charge in [0.25, 0.3) is 0 Å². The molecule has 1 aliphatic heterocycles. The highest BCUT2D eigenvalue weighted by molar-refractivity contribution is 5.77. The number of aromatic amines is 1. The van der Waals surface area contributed by atoms with Gasteiger partial charge in [-0.25, -0.2) is 9.78 Å². The summed E-state index contributed by atoms with van der Waals surface area (Å²) in [6.45, 7) is 5.83. The van der Waals surface area contributed by atoms with Crippen LogP contribution in [-0.4, -0.2) is 104 Å². The third kappa shape index (κ3) is 7.26. The molecule has 1 saturated carbocycles. The molecule has 0 spiro atoms. The van der Waals surface area contributed by atoms with Crippen LogP contribution in [0.25, 0.3) is 0 Å². The van der Waals surface area contributed by atoms with Crippen LogP contribution in [0.1, 0.15) is 37.8 Å². The molecule has 2 aliphatic rings. The highest BCUT2D eigenvalue weighted by Crippen LogP contribution is 2.21. The number of carboxylic acid groups (broad SMARTS) is 1. The second-order valence-corrected chi connectivity index (χ2v) is 9.16. The maximum Gasteiger partial charge on any atom is 0.326 e. The quantitative estimate of drug-likeness (QED) is 0.320. The van der Waals surface area contributed by atoms with Crippen LogP contribution in [0.3, 0.4) is 0 Å². The van der Waals surface area contributed by atoms with E-state index in [-0.39, 0.29) is 12.4 Å². The van der Waals surface area contributed by atoms with Crippen molar-refractivity contribution in [3.05, 3.63) is 18.2 Å². The van der Waals surface area contributed by atoms with Gasteiger partial charge in [-0.05, 0) is 19.9 Å². The first-order chi connectivity index (χ1) is 16.5. The Kier molecular flexibility index (Phi) is 8.47.